The third kappa shape index (κ3) is 2.02. The van der Waals surface area contributed by atoms with Crippen molar-refractivity contribution in [3.63, 3.8) is 0 Å². The van der Waals surface area contributed by atoms with E-state index in [1.54, 1.807) is 0 Å². The summed E-state index contributed by atoms with van der Waals surface area (Å²) in [6.07, 6.45) is 2.74. The van der Waals surface area contributed by atoms with E-state index >= 15 is 0 Å². The predicted molar refractivity (Wildman–Crippen MR) is 69.6 cm³/mol. The second-order valence-electron chi connectivity index (χ2n) is 7.63. The van der Waals surface area contributed by atoms with Gasteiger partial charge in [-0.25, -0.2) is 0 Å². The Bertz CT molecular complexity index is 223. The summed E-state index contributed by atoms with van der Waals surface area (Å²) in [6.45, 7) is 15.5. The molecular weight excluding hydrogens is 196 g/mol. The molecule has 3 fully saturated rings. The van der Waals surface area contributed by atoms with Gasteiger partial charge >= 0.3 is 0 Å². The summed E-state index contributed by atoms with van der Waals surface area (Å²) < 4.78 is 0. The van der Waals surface area contributed by atoms with Gasteiger partial charge < -0.3 is 5.32 Å². The van der Waals surface area contributed by atoms with Crippen LogP contribution in [0.1, 0.15) is 54.4 Å². The summed E-state index contributed by atoms with van der Waals surface area (Å²) in [4.78, 5) is 2.79. The fourth-order valence-corrected chi connectivity index (χ4v) is 3.78. The molecule has 0 spiro atoms. The molecular formula is C14H28N2. The average molecular weight is 224 g/mol. The fourth-order valence-electron chi connectivity index (χ4n) is 3.78. The molecule has 0 saturated carbocycles. The summed E-state index contributed by atoms with van der Waals surface area (Å²) in [5.41, 5.74) is 0.660. The van der Waals surface area contributed by atoms with Crippen LogP contribution >= 0.6 is 0 Å². The highest BCUT2D eigenvalue weighted by atomic mass is 15.3. The lowest BCUT2D eigenvalue weighted by atomic mass is 9.71. The van der Waals surface area contributed by atoms with Crippen LogP contribution in [0.4, 0.5) is 0 Å². The highest BCUT2D eigenvalue weighted by Crippen LogP contribution is 2.41. The van der Waals surface area contributed by atoms with Crippen LogP contribution in [0.25, 0.3) is 0 Å². The quantitative estimate of drug-likeness (QED) is 0.680. The summed E-state index contributed by atoms with van der Waals surface area (Å²) in [5.74, 6) is 0. The maximum absolute atomic E-state index is 3.74. The highest BCUT2D eigenvalue weighted by Gasteiger charge is 2.49. The van der Waals surface area contributed by atoms with Crippen LogP contribution in [0.15, 0.2) is 0 Å². The molecule has 3 aliphatic heterocycles. The van der Waals surface area contributed by atoms with Crippen LogP contribution < -0.4 is 5.32 Å². The molecule has 0 radical (unpaired) electrons. The van der Waals surface area contributed by atoms with Crippen molar-refractivity contribution in [2.24, 2.45) is 5.41 Å². The Balaban J connectivity index is 2.32. The second kappa shape index (κ2) is 3.71. The van der Waals surface area contributed by atoms with E-state index in [4.69, 9.17) is 0 Å². The van der Waals surface area contributed by atoms with Gasteiger partial charge in [-0.05, 0) is 39.0 Å². The molecule has 0 aromatic carbocycles. The molecule has 2 heteroatoms. The molecule has 2 nitrogen and oxygen atoms in total. The Labute approximate surface area is 101 Å². The summed E-state index contributed by atoms with van der Waals surface area (Å²) >= 11 is 0. The van der Waals surface area contributed by atoms with Crippen LogP contribution in [0.3, 0.4) is 0 Å². The Morgan fingerprint density at radius 2 is 1.62 bits per heavy atom. The molecule has 3 atom stereocenters. The Hall–Kier alpha value is -0.0800. The molecule has 1 N–H and O–H groups in total. The number of hydrogen-bond donors (Lipinski definition) is 1. The number of piperazine rings is 1. The van der Waals surface area contributed by atoms with Gasteiger partial charge in [0.25, 0.3) is 0 Å². The third-order valence-electron chi connectivity index (χ3n) is 4.16. The number of rotatable bonds is 0. The van der Waals surface area contributed by atoms with E-state index in [9.17, 15) is 0 Å². The van der Waals surface area contributed by atoms with Gasteiger partial charge in [0.05, 0.1) is 0 Å². The zero-order chi connectivity index (χ0) is 12.1. The van der Waals surface area contributed by atoms with Gasteiger partial charge in [0, 0.05) is 30.2 Å². The van der Waals surface area contributed by atoms with Crippen molar-refractivity contribution in [2.75, 3.05) is 6.54 Å². The zero-order valence-corrected chi connectivity index (χ0v) is 11.8. The van der Waals surface area contributed by atoms with Gasteiger partial charge in [-0.3, -0.25) is 4.90 Å². The third-order valence-corrected chi connectivity index (χ3v) is 4.16. The maximum Gasteiger partial charge on any atom is 0.0306 e. The van der Waals surface area contributed by atoms with Crippen LogP contribution in [0, 0.1) is 5.41 Å². The van der Waals surface area contributed by atoms with Crippen molar-refractivity contribution in [3.05, 3.63) is 0 Å². The molecule has 94 valence electrons. The van der Waals surface area contributed by atoms with Crippen molar-refractivity contribution < 1.29 is 0 Å². The first-order valence-corrected chi connectivity index (χ1v) is 6.73. The monoisotopic (exact) mass is 224 g/mol. The lowest BCUT2D eigenvalue weighted by Crippen LogP contribution is -2.73. The van der Waals surface area contributed by atoms with Crippen molar-refractivity contribution >= 4 is 0 Å². The molecule has 3 rings (SSSR count). The van der Waals surface area contributed by atoms with E-state index in [1.165, 1.54) is 19.4 Å². The SMILES string of the molecule is CC(C)(C)C1C2CCC(CN2)N1C(C)(C)C. The van der Waals surface area contributed by atoms with Crippen LogP contribution in [0.5, 0.6) is 0 Å². The minimum absolute atomic E-state index is 0.295. The average Bonchev–Trinajstić information content (AvgIpc) is 2.15. The molecule has 2 bridgehead atoms. The van der Waals surface area contributed by atoms with Gasteiger partial charge in [-0.2, -0.15) is 0 Å². The largest absolute Gasteiger partial charge is 0.311 e. The predicted octanol–water partition coefficient (Wildman–Crippen LogP) is 2.64. The standard InChI is InChI=1S/C14H28N2/c1-13(2,3)12-11-8-7-10(9-15-11)16(12)14(4,5)6/h10-12,15H,7-9H2,1-6H3. The molecule has 0 aromatic rings. The molecule has 3 unspecified atom stereocenters. The first-order valence-electron chi connectivity index (χ1n) is 6.73. The molecule has 3 saturated heterocycles. The lowest BCUT2D eigenvalue weighted by molar-refractivity contribution is -0.0887. The number of fused-ring (bicyclic) bond motifs is 3. The van der Waals surface area contributed by atoms with Crippen molar-refractivity contribution in [2.45, 2.75) is 78.0 Å². The van der Waals surface area contributed by atoms with Crippen LogP contribution in [-0.2, 0) is 0 Å². The fraction of sp³-hybridized carbons (Fsp3) is 1.00. The lowest BCUT2D eigenvalue weighted by Gasteiger charge is -2.60. The van der Waals surface area contributed by atoms with Crippen LogP contribution in [-0.4, -0.2) is 35.1 Å². The van der Waals surface area contributed by atoms with Crippen molar-refractivity contribution in [3.8, 4) is 0 Å². The highest BCUT2D eigenvalue weighted by molar-refractivity contribution is 5.07. The van der Waals surface area contributed by atoms with Gasteiger partial charge in [0.15, 0.2) is 0 Å². The molecule has 0 amide bonds. The number of piperidine rings is 2. The van der Waals surface area contributed by atoms with Gasteiger partial charge in [0.2, 0.25) is 0 Å². The minimum atomic E-state index is 0.295. The van der Waals surface area contributed by atoms with E-state index in [2.05, 4.69) is 51.8 Å². The van der Waals surface area contributed by atoms with Gasteiger partial charge in [-0.1, -0.05) is 20.8 Å². The first-order chi connectivity index (χ1) is 7.21. The summed E-state index contributed by atoms with van der Waals surface area (Å²) in [5, 5.41) is 3.74. The smallest absolute Gasteiger partial charge is 0.0306 e. The molecule has 16 heavy (non-hydrogen) atoms. The normalized spacial score (nSPS) is 36.8. The van der Waals surface area contributed by atoms with Crippen molar-refractivity contribution in [1.29, 1.82) is 0 Å². The van der Waals surface area contributed by atoms with E-state index in [0.29, 0.717) is 23.0 Å². The van der Waals surface area contributed by atoms with E-state index in [0.717, 1.165) is 6.04 Å². The van der Waals surface area contributed by atoms with E-state index < -0.39 is 0 Å². The van der Waals surface area contributed by atoms with Gasteiger partial charge in [0.1, 0.15) is 0 Å². The van der Waals surface area contributed by atoms with Crippen molar-refractivity contribution in [1.82, 2.24) is 10.2 Å². The summed E-state index contributed by atoms with van der Waals surface area (Å²) in [6, 6.07) is 2.12. The summed E-state index contributed by atoms with van der Waals surface area (Å²) in [7, 11) is 0. The molecule has 3 heterocycles. The molecule has 3 aliphatic rings. The van der Waals surface area contributed by atoms with Gasteiger partial charge in [-0.15, -0.1) is 0 Å². The Kier molecular flexibility index (Phi) is 2.87. The topological polar surface area (TPSA) is 15.3 Å². The zero-order valence-electron chi connectivity index (χ0n) is 11.8. The van der Waals surface area contributed by atoms with E-state index in [1.807, 2.05) is 0 Å². The Morgan fingerprint density at radius 1 is 1.00 bits per heavy atom. The second-order valence-corrected chi connectivity index (χ2v) is 7.63. The molecule has 0 aromatic heterocycles. The van der Waals surface area contributed by atoms with Crippen LogP contribution in [0.2, 0.25) is 0 Å². The maximum atomic E-state index is 3.74. The minimum Gasteiger partial charge on any atom is -0.311 e. The molecule has 0 aliphatic carbocycles. The number of nitrogens with zero attached hydrogens (tertiary/aromatic N) is 1. The first kappa shape index (κ1) is 12.4. The Morgan fingerprint density at radius 3 is 1.94 bits per heavy atom. The van der Waals surface area contributed by atoms with E-state index in [-0.39, 0.29) is 0 Å². The number of nitrogens with one attached hydrogen (secondary N) is 1. The number of hydrogen-bond acceptors (Lipinski definition) is 2.